The Kier molecular flexibility index (Phi) is 5.59. The van der Waals surface area contributed by atoms with Crippen molar-refractivity contribution in [2.24, 2.45) is 0 Å². The number of hydrogen-bond acceptors (Lipinski definition) is 5. The number of benzene rings is 1. The summed E-state index contributed by atoms with van der Waals surface area (Å²) in [6, 6.07) is 5.92. The number of methoxy groups -OCH3 is 1. The lowest BCUT2D eigenvalue weighted by atomic mass is 10.2. The fraction of sp³-hybridized carbons (Fsp3) is 0.438. The summed E-state index contributed by atoms with van der Waals surface area (Å²) in [5.41, 5.74) is 2.04. The molecule has 0 saturated heterocycles. The highest BCUT2D eigenvalue weighted by Gasteiger charge is 2.12. The average Bonchev–Trinajstić information content (AvgIpc) is 2.95. The summed E-state index contributed by atoms with van der Waals surface area (Å²) in [6.07, 6.45) is 0. The van der Waals surface area contributed by atoms with Crippen molar-refractivity contribution in [1.29, 1.82) is 0 Å². The lowest BCUT2D eigenvalue weighted by molar-refractivity contribution is 0.277. The van der Waals surface area contributed by atoms with Crippen LogP contribution in [0.2, 0.25) is 0 Å². The Morgan fingerprint density at radius 3 is 2.76 bits per heavy atom. The van der Waals surface area contributed by atoms with Crippen molar-refractivity contribution in [2.45, 2.75) is 32.9 Å². The number of ether oxygens (including phenoxy) is 2. The quantitative estimate of drug-likeness (QED) is 0.849. The summed E-state index contributed by atoms with van der Waals surface area (Å²) in [4.78, 5) is 4.59. The molecule has 0 radical (unpaired) electrons. The summed E-state index contributed by atoms with van der Waals surface area (Å²) in [6.45, 7) is 5.49. The molecule has 2 rings (SSSR count). The number of rotatable bonds is 7. The van der Waals surface area contributed by atoms with Gasteiger partial charge in [0.25, 0.3) is 0 Å². The molecule has 0 spiro atoms. The minimum absolute atomic E-state index is 0.454. The average molecular weight is 306 g/mol. The van der Waals surface area contributed by atoms with Crippen LogP contribution in [0.1, 0.15) is 36.0 Å². The number of aromatic nitrogens is 1. The van der Waals surface area contributed by atoms with Crippen molar-refractivity contribution in [2.75, 3.05) is 14.2 Å². The molecule has 1 N–H and O–H groups in total. The number of thiazole rings is 1. The maximum absolute atomic E-state index is 5.97. The van der Waals surface area contributed by atoms with Crippen LogP contribution in [0.5, 0.6) is 11.5 Å². The lowest BCUT2D eigenvalue weighted by Gasteiger charge is -2.14. The number of nitrogens with one attached hydrogen (secondary N) is 1. The Balaban J connectivity index is 2.14. The fourth-order valence-corrected chi connectivity index (χ4v) is 2.84. The van der Waals surface area contributed by atoms with Crippen molar-refractivity contribution in [3.05, 3.63) is 39.8 Å². The Hall–Kier alpha value is -1.59. The molecule has 4 nitrogen and oxygen atoms in total. The third-order valence-corrected chi connectivity index (χ3v) is 4.27. The summed E-state index contributed by atoms with van der Waals surface area (Å²) in [5, 5.41) is 6.34. The third kappa shape index (κ3) is 3.95. The summed E-state index contributed by atoms with van der Waals surface area (Å²) >= 11 is 1.68. The van der Waals surface area contributed by atoms with Crippen LogP contribution in [0.25, 0.3) is 0 Å². The summed E-state index contributed by atoms with van der Waals surface area (Å²) in [5.74, 6) is 1.99. The molecule has 0 aliphatic heterocycles. The standard InChI is InChI=1S/C16H22N2O2S/c1-11(2)16-18-13(10-21-16)9-20-15-12(8-17-3)6-5-7-14(15)19-4/h5-7,10-11,17H,8-9H2,1-4H3. The van der Waals surface area contributed by atoms with Crippen molar-refractivity contribution in [3.63, 3.8) is 0 Å². The van der Waals surface area contributed by atoms with Gasteiger partial charge in [-0.25, -0.2) is 4.98 Å². The number of hydrogen-bond donors (Lipinski definition) is 1. The van der Waals surface area contributed by atoms with Gasteiger partial charge in [0.2, 0.25) is 0 Å². The second-order valence-electron chi connectivity index (χ2n) is 5.10. The van der Waals surface area contributed by atoms with Crippen LogP contribution in [0, 0.1) is 0 Å². The molecule has 2 aromatic rings. The predicted molar refractivity (Wildman–Crippen MR) is 86.3 cm³/mol. The van der Waals surface area contributed by atoms with E-state index in [0.29, 0.717) is 12.5 Å². The summed E-state index contributed by atoms with van der Waals surface area (Å²) < 4.78 is 11.4. The van der Waals surface area contributed by atoms with Gasteiger partial charge in [-0.3, -0.25) is 0 Å². The molecule has 5 heteroatoms. The van der Waals surface area contributed by atoms with Gasteiger partial charge < -0.3 is 14.8 Å². The lowest BCUT2D eigenvalue weighted by Crippen LogP contribution is -2.08. The smallest absolute Gasteiger partial charge is 0.166 e. The molecule has 0 bridgehead atoms. The van der Waals surface area contributed by atoms with Crippen molar-refractivity contribution < 1.29 is 9.47 Å². The zero-order chi connectivity index (χ0) is 15.2. The number of nitrogens with zero attached hydrogens (tertiary/aromatic N) is 1. The van der Waals surface area contributed by atoms with Crippen LogP contribution in [0.15, 0.2) is 23.6 Å². The maximum Gasteiger partial charge on any atom is 0.166 e. The van der Waals surface area contributed by atoms with E-state index in [0.717, 1.165) is 34.3 Å². The Morgan fingerprint density at radius 2 is 2.14 bits per heavy atom. The van der Waals surface area contributed by atoms with Gasteiger partial charge >= 0.3 is 0 Å². The molecule has 21 heavy (non-hydrogen) atoms. The van der Waals surface area contributed by atoms with E-state index in [1.165, 1.54) is 0 Å². The minimum atomic E-state index is 0.454. The minimum Gasteiger partial charge on any atom is -0.493 e. The molecule has 0 unspecified atom stereocenters. The van der Waals surface area contributed by atoms with Crippen LogP contribution >= 0.6 is 11.3 Å². The molecular weight excluding hydrogens is 284 g/mol. The van der Waals surface area contributed by atoms with E-state index in [1.54, 1.807) is 18.4 Å². The second kappa shape index (κ2) is 7.43. The first-order chi connectivity index (χ1) is 10.2. The highest BCUT2D eigenvalue weighted by molar-refractivity contribution is 7.09. The van der Waals surface area contributed by atoms with E-state index in [2.05, 4.69) is 29.5 Å². The van der Waals surface area contributed by atoms with Crippen LogP contribution in [-0.4, -0.2) is 19.1 Å². The van der Waals surface area contributed by atoms with Gasteiger partial charge in [-0.1, -0.05) is 26.0 Å². The predicted octanol–water partition coefficient (Wildman–Crippen LogP) is 3.57. The van der Waals surface area contributed by atoms with Crippen LogP contribution < -0.4 is 14.8 Å². The van der Waals surface area contributed by atoms with Gasteiger partial charge in [-0.05, 0) is 13.1 Å². The molecule has 1 aromatic carbocycles. The van der Waals surface area contributed by atoms with Gasteiger partial charge in [0.1, 0.15) is 6.61 Å². The van der Waals surface area contributed by atoms with E-state index >= 15 is 0 Å². The second-order valence-corrected chi connectivity index (χ2v) is 5.99. The van der Waals surface area contributed by atoms with Crippen molar-refractivity contribution in [3.8, 4) is 11.5 Å². The summed E-state index contributed by atoms with van der Waals surface area (Å²) in [7, 11) is 3.57. The Bertz CT molecular complexity index is 581. The van der Waals surface area contributed by atoms with Gasteiger partial charge in [0.05, 0.1) is 17.8 Å². The molecule has 0 saturated carbocycles. The van der Waals surface area contributed by atoms with Crippen molar-refractivity contribution in [1.82, 2.24) is 10.3 Å². The largest absolute Gasteiger partial charge is 0.493 e. The van der Waals surface area contributed by atoms with E-state index < -0.39 is 0 Å². The van der Waals surface area contributed by atoms with E-state index in [1.807, 2.05) is 25.2 Å². The Labute approximate surface area is 130 Å². The molecule has 0 aliphatic carbocycles. The molecule has 0 aliphatic rings. The molecule has 1 heterocycles. The molecule has 0 fully saturated rings. The van der Waals surface area contributed by atoms with E-state index in [9.17, 15) is 0 Å². The molecule has 114 valence electrons. The molecule has 0 atom stereocenters. The van der Waals surface area contributed by atoms with Gasteiger partial charge in [0, 0.05) is 23.4 Å². The fourth-order valence-electron chi connectivity index (χ4n) is 2.02. The topological polar surface area (TPSA) is 43.4 Å². The van der Waals surface area contributed by atoms with Crippen molar-refractivity contribution >= 4 is 11.3 Å². The van der Waals surface area contributed by atoms with Gasteiger partial charge in [0.15, 0.2) is 11.5 Å². The first-order valence-corrected chi connectivity index (χ1v) is 7.91. The molecule has 1 aromatic heterocycles. The highest BCUT2D eigenvalue weighted by atomic mass is 32.1. The normalized spacial score (nSPS) is 10.9. The zero-order valence-electron chi connectivity index (χ0n) is 13.0. The number of para-hydroxylation sites is 1. The van der Waals surface area contributed by atoms with Gasteiger partial charge in [-0.15, -0.1) is 11.3 Å². The van der Waals surface area contributed by atoms with E-state index in [-0.39, 0.29) is 0 Å². The first-order valence-electron chi connectivity index (χ1n) is 7.03. The molecule has 0 amide bonds. The Morgan fingerprint density at radius 1 is 1.33 bits per heavy atom. The SMILES string of the molecule is CNCc1cccc(OC)c1OCc1csc(C(C)C)n1. The van der Waals surface area contributed by atoms with Crippen LogP contribution in [-0.2, 0) is 13.2 Å². The monoisotopic (exact) mass is 306 g/mol. The van der Waals surface area contributed by atoms with E-state index in [4.69, 9.17) is 9.47 Å². The first kappa shape index (κ1) is 15.8. The maximum atomic E-state index is 5.97. The zero-order valence-corrected chi connectivity index (χ0v) is 13.8. The highest BCUT2D eigenvalue weighted by Crippen LogP contribution is 2.32. The van der Waals surface area contributed by atoms with Crippen LogP contribution in [0.4, 0.5) is 0 Å². The molecular formula is C16H22N2O2S. The van der Waals surface area contributed by atoms with Crippen LogP contribution in [0.3, 0.4) is 0 Å². The van der Waals surface area contributed by atoms with Gasteiger partial charge in [-0.2, -0.15) is 0 Å². The third-order valence-electron chi connectivity index (χ3n) is 3.08.